The molecule has 0 saturated heterocycles. The lowest BCUT2D eigenvalue weighted by Gasteiger charge is -2.05. The molecule has 0 amide bonds. The quantitative estimate of drug-likeness (QED) is 0.285. The summed E-state index contributed by atoms with van der Waals surface area (Å²) >= 11 is 15.8. The number of thiazole rings is 1. The van der Waals surface area contributed by atoms with Gasteiger partial charge in [-0.3, -0.25) is 4.98 Å². The Balaban J connectivity index is 0.000000913. The molecule has 6 nitrogen and oxygen atoms in total. The molecule has 4 aromatic rings. The van der Waals surface area contributed by atoms with E-state index < -0.39 is 0 Å². The van der Waals surface area contributed by atoms with E-state index in [9.17, 15) is 0 Å². The first kappa shape index (κ1) is 24.2. The van der Waals surface area contributed by atoms with E-state index in [2.05, 4.69) is 18.8 Å². The molecule has 0 saturated carbocycles. The second kappa shape index (κ2) is 10.9. The van der Waals surface area contributed by atoms with Crippen molar-refractivity contribution in [3.8, 4) is 27.5 Å². The maximum Gasteiger partial charge on any atom is 0.373 e. The highest BCUT2D eigenvalue weighted by Gasteiger charge is 2.19. The van der Waals surface area contributed by atoms with Crippen molar-refractivity contribution in [3.05, 3.63) is 64.7 Å². The zero-order valence-corrected chi connectivity index (χ0v) is 20.5. The van der Waals surface area contributed by atoms with Crippen LogP contribution in [-0.2, 0) is 9.59 Å². The number of aromatic nitrogens is 4. The van der Waals surface area contributed by atoms with Crippen LogP contribution in [-0.4, -0.2) is 31.1 Å². The third-order valence-corrected chi connectivity index (χ3v) is 7.18. The van der Waals surface area contributed by atoms with Gasteiger partial charge in [-0.2, -0.15) is 14.7 Å². The summed E-state index contributed by atoms with van der Waals surface area (Å²) in [5, 5.41) is 6.99. The largest absolute Gasteiger partial charge is 0.373 e. The Morgan fingerprint density at radius 2 is 1.88 bits per heavy atom. The fourth-order valence-corrected chi connectivity index (χ4v) is 5.62. The summed E-state index contributed by atoms with van der Waals surface area (Å²) < 4.78 is 2.97. The van der Waals surface area contributed by atoms with Gasteiger partial charge in [0.05, 0.1) is 25.6 Å². The van der Waals surface area contributed by atoms with Gasteiger partial charge in [0.15, 0.2) is 0 Å². The molecule has 1 aromatic carbocycles. The number of hydrogen-bond acceptors (Lipinski definition) is 7. The Labute approximate surface area is 203 Å². The molecule has 0 bridgehead atoms. The number of nitrogens with zero attached hydrogens (tertiary/aromatic N) is 4. The van der Waals surface area contributed by atoms with Crippen molar-refractivity contribution < 1.29 is 9.59 Å². The number of halogens is 2. The van der Waals surface area contributed by atoms with E-state index in [1.165, 1.54) is 0 Å². The van der Waals surface area contributed by atoms with Crippen molar-refractivity contribution in [1.82, 2.24) is 19.7 Å². The summed E-state index contributed by atoms with van der Waals surface area (Å²) in [5.41, 5.74) is 4.86. The molecule has 0 radical (unpaired) electrons. The average Bonchev–Trinajstić information content (AvgIpc) is 3.34. The SMILES string of the molecule is Cc1nn(-c2nc(-c3ccc(Cl)c(Cl)c3)c(SC(C)C)s2)cc1-c1cccnc1.O=C=O. The summed E-state index contributed by atoms with van der Waals surface area (Å²) in [6.07, 6.45) is 5.87. The van der Waals surface area contributed by atoms with E-state index >= 15 is 0 Å². The molecule has 10 heteroatoms. The molecule has 0 N–H and O–H groups in total. The monoisotopic (exact) mass is 504 g/mol. The number of hydrogen-bond donors (Lipinski definition) is 0. The molecule has 0 aliphatic carbocycles. The lowest BCUT2D eigenvalue weighted by Crippen LogP contribution is -1.94. The third-order valence-electron chi connectivity index (χ3n) is 4.19. The third kappa shape index (κ3) is 5.65. The van der Waals surface area contributed by atoms with Gasteiger partial charge in [-0.1, -0.05) is 60.5 Å². The molecule has 0 atom stereocenters. The second-order valence-corrected chi connectivity index (χ2v) is 10.5. The second-order valence-electron chi connectivity index (χ2n) is 6.83. The van der Waals surface area contributed by atoms with E-state index in [-0.39, 0.29) is 6.15 Å². The summed E-state index contributed by atoms with van der Waals surface area (Å²) in [6.45, 7) is 6.33. The molecule has 0 aliphatic rings. The van der Waals surface area contributed by atoms with Gasteiger partial charge < -0.3 is 0 Å². The minimum atomic E-state index is 0.250. The standard InChI is InChI=1S/C21H18Cl2N4S2.CO2/c1-12(2)28-20-19(14-6-7-17(22)18(23)9-14)25-21(29-20)27-11-16(13(3)26-27)15-5-4-8-24-10-15;2-1-3/h4-12H,1-3H3;. The fourth-order valence-electron chi connectivity index (χ4n) is 2.88. The molecule has 3 heterocycles. The zero-order valence-electron chi connectivity index (χ0n) is 17.4. The molecule has 3 aromatic heterocycles. The average molecular weight is 505 g/mol. The van der Waals surface area contributed by atoms with Crippen LogP contribution in [0.4, 0.5) is 0 Å². The highest BCUT2D eigenvalue weighted by Crippen LogP contribution is 2.41. The molecule has 0 aliphatic heterocycles. The molecule has 164 valence electrons. The van der Waals surface area contributed by atoms with Crippen LogP contribution < -0.4 is 0 Å². The van der Waals surface area contributed by atoms with Crippen molar-refractivity contribution in [1.29, 1.82) is 0 Å². The maximum absolute atomic E-state index is 8.12. The first-order valence-corrected chi connectivity index (χ1v) is 11.9. The van der Waals surface area contributed by atoms with Gasteiger partial charge in [-0.05, 0) is 25.1 Å². The number of pyridine rings is 1. The Morgan fingerprint density at radius 3 is 2.50 bits per heavy atom. The van der Waals surface area contributed by atoms with Gasteiger partial charge in [-0.15, -0.1) is 11.8 Å². The van der Waals surface area contributed by atoms with E-state index in [4.69, 9.17) is 42.9 Å². The first-order valence-electron chi connectivity index (χ1n) is 9.43. The lowest BCUT2D eigenvalue weighted by molar-refractivity contribution is -0.191. The van der Waals surface area contributed by atoms with Crippen LogP contribution in [0.25, 0.3) is 27.5 Å². The van der Waals surface area contributed by atoms with Crippen molar-refractivity contribution in [2.75, 3.05) is 0 Å². The molecule has 0 unspecified atom stereocenters. The summed E-state index contributed by atoms with van der Waals surface area (Å²) in [4.78, 5) is 25.4. The smallest absolute Gasteiger partial charge is 0.264 e. The minimum Gasteiger partial charge on any atom is -0.264 e. The molecular formula is C22H18Cl2N4O2S2. The highest BCUT2D eigenvalue weighted by atomic mass is 35.5. The normalized spacial score (nSPS) is 10.6. The van der Waals surface area contributed by atoms with Gasteiger partial charge in [0, 0.05) is 40.5 Å². The van der Waals surface area contributed by atoms with E-state index in [1.54, 1.807) is 35.4 Å². The van der Waals surface area contributed by atoms with Gasteiger partial charge in [-0.25, -0.2) is 9.67 Å². The predicted octanol–water partition coefficient (Wildman–Crippen LogP) is 6.59. The number of rotatable bonds is 5. The first-order chi connectivity index (χ1) is 15.3. The zero-order chi connectivity index (χ0) is 23.3. The Hall–Kier alpha value is -2.48. The van der Waals surface area contributed by atoms with Crippen LogP contribution in [0.1, 0.15) is 19.5 Å². The molecule has 0 spiro atoms. The number of carbonyl (C=O) groups excluding carboxylic acids is 2. The summed E-state index contributed by atoms with van der Waals surface area (Å²) in [7, 11) is 0. The predicted molar refractivity (Wildman–Crippen MR) is 129 cm³/mol. The lowest BCUT2D eigenvalue weighted by atomic mass is 10.1. The van der Waals surface area contributed by atoms with Gasteiger partial charge in [0.1, 0.15) is 0 Å². The van der Waals surface area contributed by atoms with Crippen molar-refractivity contribution in [2.24, 2.45) is 0 Å². The molecule has 32 heavy (non-hydrogen) atoms. The Bertz CT molecular complexity index is 1250. The fraction of sp³-hybridized carbons (Fsp3) is 0.182. The van der Waals surface area contributed by atoms with E-state index in [0.717, 1.165) is 37.4 Å². The number of aryl methyl sites for hydroxylation is 1. The number of thioether (sulfide) groups is 1. The van der Waals surface area contributed by atoms with Crippen LogP contribution in [0.2, 0.25) is 10.0 Å². The van der Waals surface area contributed by atoms with Crippen LogP contribution >= 0.6 is 46.3 Å². The molecular weight excluding hydrogens is 487 g/mol. The van der Waals surface area contributed by atoms with Crippen LogP contribution in [0.5, 0.6) is 0 Å². The maximum atomic E-state index is 8.12. The van der Waals surface area contributed by atoms with Crippen LogP contribution in [0, 0.1) is 6.92 Å². The van der Waals surface area contributed by atoms with E-state index in [1.807, 2.05) is 48.3 Å². The van der Waals surface area contributed by atoms with Crippen molar-refractivity contribution in [3.63, 3.8) is 0 Å². The Morgan fingerprint density at radius 1 is 1.12 bits per heavy atom. The number of benzene rings is 1. The van der Waals surface area contributed by atoms with Crippen molar-refractivity contribution in [2.45, 2.75) is 30.2 Å². The molecule has 0 fully saturated rings. The van der Waals surface area contributed by atoms with Gasteiger partial charge in [0.2, 0.25) is 5.13 Å². The van der Waals surface area contributed by atoms with Crippen molar-refractivity contribution >= 4 is 52.5 Å². The topological polar surface area (TPSA) is 77.7 Å². The van der Waals surface area contributed by atoms with Crippen LogP contribution in [0.15, 0.2) is 53.1 Å². The summed E-state index contributed by atoms with van der Waals surface area (Å²) in [5.74, 6) is 0. The molecule has 4 rings (SSSR count). The van der Waals surface area contributed by atoms with Gasteiger partial charge in [0.25, 0.3) is 0 Å². The highest BCUT2D eigenvalue weighted by molar-refractivity contribution is 8.01. The minimum absolute atomic E-state index is 0.250. The Kier molecular flexibility index (Phi) is 8.23. The van der Waals surface area contributed by atoms with E-state index in [0.29, 0.717) is 15.3 Å². The van der Waals surface area contributed by atoms with Crippen LogP contribution in [0.3, 0.4) is 0 Å². The van der Waals surface area contributed by atoms with Gasteiger partial charge >= 0.3 is 6.15 Å². The summed E-state index contributed by atoms with van der Waals surface area (Å²) in [6, 6.07) is 9.58.